The number of carbonyl (C=O) groups is 2. The van der Waals surface area contributed by atoms with Gasteiger partial charge in [0, 0.05) is 13.0 Å². The van der Waals surface area contributed by atoms with Crippen molar-refractivity contribution in [2.24, 2.45) is 11.7 Å². The summed E-state index contributed by atoms with van der Waals surface area (Å²) in [4.78, 5) is 22.6. The summed E-state index contributed by atoms with van der Waals surface area (Å²) in [5.74, 6) is -0.583. The number of rotatable bonds is 5. The summed E-state index contributed by atoms with van der Waals surface area (Å²) in [6, 6.07) is -0.705. The molecule has 1 atom stereocenters. The maximum Gasteiger partial charge on any atom is 0.242 e. The predicted molar refractivity (Wildman–Crippen MR) is 55.0 cm³/mol. The van der Waals surface area contributed by atoms with Gasteiger partial charge in [-0.15, -0.1) is 0 Å². The van der Waals surface area contributed by atoms with Gasteiger partial charge in [-0.1, -0.05) is 12.8 Å². The largest absolute Gasteiger partial charge is 0.382 e. The molecule has 0 saturated heterocycles. The fraction of sp³-hybridized carbons (Fsp3) is 0.800. The Morgan fingerprint density at radius 1 is 1.47 bits per heavy atom. The summed E-state index contributed by atoms with van der Waals surface area (Å²) in [7, 11) is 1.47. The summed E-state index contributed by atoms with van der Waals surface area (Å²) < 4.78 is 4.81. The molecule has 15 heavy (non-hydrogen) atoms. The fourth-order valence-corrected chi connectivity index (χ4v) is 1.84. The van der Waals surface area contributed by atoms with Crippen LogP contribution in [0.1, 0.15) is 25.7 Å². The zero-order valence-corrected chi connectivity index (χ0v) is 8.99. The van der Waals surface area contributed by atoms with Crippen LogP contribution >= 0.6 is 0 Å². The molecule has 0 heterocycles. The molecule has 0 spiro atoms. The lowest BCUT2D eigenvalue weighted by Gasteiger charge is -2.17. The molecular formula is C10H18N2O3. The standard InChI is InChI=1S/C10H18N2O3/c1-15-6-8(9(11)13)12-10(14)7-4-2-3-5-7/h7-8H,2-6H2,1H3,(H2,11,13)(H,12,14)/t8-/m1/s1. The predicted octanol–water partition coefficient (Wildman–Crippen LogP) is -0.207. The SMILES string of the molecule is COC[C@@H](NC(=O)C1CCCC1)C(N)=O. The molecule has 0 aromatic rings. The number of hydrogen-bond donors (Lipinski definition) is 2. The first kappa shape index (κ1) is 12.0. The molecule has 1 aliphatic rings. The van der Waals surface area contributed by atoms with Crippen LogP contribution in [0.2, 0.25) is 0 Å². The lowest BCUT2D eigenvalue weighted by atomic mass is 10.1. The Hall–Kier alpha value is -1.10. The maximum atomic E-state index is 11.7. The van der Waals surface area contributed by atoms with Crippen molar-refractivity contribution in [3.05, 3.63) is 0 Å². The van der Waals surface area contributed by atoms with Gasteiger partial charge in [0.25, 0.3) is 0 Å². The second-order valence-corrected chi connectivity index (χ2v) is 3.90. The summed E-state index contributed by atoms with van der Waals surface area (Å²) in [6.07, 6.45) is 3.99. The van der Waals surface area contributed by atoms with Gasteiger partial charge < -0.3 is 15.8 Å². The van der Waals surface area contributed by atoms with Crippen molar-refractivity contribution >= 4 is 11.8 Å². The number of methoxy groups -OCH3 is 1. The van der Waals surface area contributed by atoms with Crippen LogP contribution in [-0.4, -0.2) is 31.6 Å². The Kier molecular flexibility index (Phi) is 4.55. The molecule has 1 saturated carbocycles. The highest BCUT2D eigenvalue weighted by Gasteiger charge is 2.26. The van der Waals surface area contributed by atoms with E-state index in [1.165, 1.54) is 7.11 Å². The smallest absolute Gasteiger partial charge is 0.242 e. The van der Waals surface area contributed by atoms with E-state index in [0.717, 1.165) is 25.7 Å². The van der Waals surface area contributed by atoms with Crippen LogP contribution < -0.4 is 11.1 Å². The Morgan fingerprint density at radius 2 is 2.07 bits per heavy atom. The molecule has 5 nitrogen and oxygen atoms in total. The molecule has 0 aliphatic heterocycles. The van der Waals surface area contributed by atoms with Crippen LogP contribution in [-0.2, 0) is 14.3 Å². The van der Waals surface area contributed by atoms with Gasteiger partial charge in [-0.25, -0.2) is 0 Å². The topological polar surface area (TPSA) is 81.4 Å². The molecule has 0 radical (unpaired) electrons. The van der Waals surface area contributed by atoms with Gasteiger partial charge in [0.1, 0.15) is 6.04 Å². The zero-order valence-electron chi connectivity index (χ0n) is 8.99. The molecule has 86 valence electrons. The third kappa shape index (κ3) is 3.51. The Morgan fingerprint density at radius 3 is 2.53 bits per heavy atom. The first-order chi connectivity index (χ1) is 7.15. The summed E-state index contributed by atoms with van der Waals surface area (Å²) >= 11 is 0. The van der Waals surface area contributed by atoms with Crippen LogP contribution in [0.4, 0.5) is 0 Å². The van der Waals surface area contributed by atoms with Gasteiger partial charge >= 0.3 is 0 Å². The van der Waals surface area contributed by atoms with Crippen LogP contribution in [0.15, 0.2) is 0 Å². The molecule has 5 heteroatoms. The molecule has 1 rings (SSSR count). The monoisotopic (exact) mass is 214 g/mol. The first-order valence-electron chi connectivity index (χ1n) is 5.23. The summed E-state index contributed by atoms with van der Waals surface area (Å²) in [5.41, 5.74) is 5.14. The summed E-state index contributed by atoms with van der Waals surface area (Å²) in [5, 5.41) is 2.62. The second-order valence-electron chi connectivity index (χ2n) is 3.90. The van der Waals surface area contributed by atoms with Gasteiger partial charge in [0.2, 0.25) is 11.8 Å². The number of nitrogens with one attached hydrogen (secondary N) is 1. The molecule has 0 aromatic carbocycles. The quantitative estimate of drug-likeness (QED) is 0.664. The van der Waals surface area contributed by atoms with Gasteiger partial charge in [-0.3, -0.25) is 9.59 Å². The molecule has 1 aliphatic carbocycles. The second kappa shape index (κ2) is 5.70. The Bertz CT molecular complexity index is 237. The van der Waals surface area contributed by atoms with Crippen LogP contribution in [0.5, 0.6) is 0 Å². The number of ether oxygens (including phenoxy) is 1. The minimum absolute atomic E-state index is 0.0451. The van der Waals surface area contributed by atoms with Gasteiger partial charge in [-0.05, 0) is 12.8 Å². The van der Waals surface area contributed by atoms with Crippen molar-refractivity contribution in [1.82, 2.24) is 5.32 Å². The van der Waals surface area contributed by atoms with E-state index in [1.807, 2.05) is 0 Å². The number of nitrogens with two attached hydrogens (primary N) is 1. The Labute approximate surface area is 89.3 Å². The Balaban J connectivity index is 2.42. The van der Waals surface area contributed by atoms with Gasteiger partial charge in [0.15, 0.2) is 0 Å². The molecule has 1 fully saturated rings. The minimum atomic E-state index is -0.705. The zero-order chi connectivity index (χ0) is 11.3. The van der Waals surface area contributed by atoms with Crippen molar-refractivity contribution in [3.63, 3.8) is 0 Å². The van der Waals surface area contributed by atoms with Crippen molar-refractivity contribution in [3.8, 4) is 0 Å². The van der Waals surface area contributed by atoms with Crippen molar-refractivity contribution in [1.29, 1.82) is 0 Å². The molecule has 3 N–H and O–H groups in total. The van der Waals surface area contributed by atoms with Gasteiger partial charge in [-0.2, -0.15) is 0 Å². The first-order valence-corrected chi connectivity index (χ1v) is 5.23. The average Bonchev–Trinajstić information content (AvgIpc) is 2.69. The van der Waals surface area contributed by atoms with Crippen LogP contribution in [0.25, 0.3) is 0 Å². The highest BCUT2D eigenvalue weighted by molar-refractivity contribution is 5.87. The lowest BCUT2D eigenvalue weighted by molar-refractivity contribution is -0.130. The fourth-order valence-electron chi connectivity index (χ4n) is 1.84. The van der Waals surface area contributed by atoms with E-state index in [0.29, 0.717) is 0 Å². The van der Waals surface area contributed by atoms with E-state index in [9.17, 15) is 9.59 Å². The maximum absolute atomic E-state index is 11.7. The van der Waals surface area contributed by atoms with E-state index >= 15 is 0 Å². The summed E-state index contributed by atoms with van der Waals surface area (Å²) in [6.45, 7) is 0.133. The van der Waals surface area contributed by atoms with E-state index in [-0.39, 0.29) is 18.4 Å². The normalized spacial score (nSPS) is 18.7. The van der Waals surface area contributed by atoms with Crippen molar-refractivity contribution in [2.75, 3.05) is 13.7 Å². The van der Waals surface area contributed by atoms with E-state index < -0.39 is 11.9 Å². The highest BCUT2D eigenvalue weighted by Crippen LogP contribution is 2.24. The third-order valence-electron chi connectivity index (χ3n) is 2.72. The number of hydrogen-bond acceptors (Lipinski definition) is 3. The third-order valence-corrected chi connectivity index (χ3v) is 2.72. The molecule has 0 bridgehead atoms. The van der Waals surface area contributed by atoms with E-state index in [1.54, 1.807) is 0 Å². The number of carbonyl (C=O) groups excluding carboxylic acids is 2. The van der Waals surface area contributed by atoms with Crippen molar-refractivity contribution < 1.29 is 14.3 Å². The minimum Gasteiger partial charge on any atom is -0.382 e. The molecule has 2 amide bonds. The molecule has 0 unspecified atom stereocenters. The van der Waals surface area contributed by atoms with E-state index in [4.69, 9.17) is 10.5 Å². The van der Waals surface area contributed by atoms with Gasteiger partial charge in [0.05, 0.1) is 6.61 Å². The molecular weight excluding hydrogens is 196 g/mol. The number of primary amides is 1. The van der Waals surface area contributed by atoms with Crippen LogP contribution in [0, 0.1) is 5.92 Å². The highest BCUT2D eigenvalue weighted by atomic mass is 16.5. The van der Waals surface area contributed by atoms with Crippen LogP contribution in [0.3, 0.4) is 0 Å². The lowest BCUT2D eigenvalue weighted by Crippen LogP contribution is -2.48. The van der Waals surface area contributed by atoms with Crippen molar-refractivity contribution in [2.45, 2.75) is 31.7 Å². The molecule has 0 aromatic heterocycles. The van der Waals surface area contributed by atoms with E-state index in [2.05, 4.69) is 5.32 Å². The number of amides is 2. The average molecular weight is 214 g/mol.